The van der Waals surface area contributed by atoms with E-state index in [1.165, 1.54) is 34.5 Å². The summed E-state index contributed by atoms with van der Waals surface area (Å²) >= 11 is 3.27. The van der Waals surface area contributed by atoms with Gasteiger partial charge in [-0.3, -0.25) is 0 Å². The molecular weight excluding hydrogens is 456 g/mol. The number of ether oxygens (including phenoxy) is 1. The Morgan fingerprint density at radius 3 is 2.62 bits per heavy atom. The minimum absolute atomic E-state index is 0.103. The zero-order valence-corrected chi connectivity index (χ0v) is 18.3. The lowest BCUT2D eigenvalue weighted by molar-refractivity contribution is 0.0599. The van der Waals surface area contributed by atoms with Gasteiger partial charge >= 0.3 is 5.97 Å². The number of carbonyl (C=O) groups excluding carboxylic acids is 1. The second kappa shape index (κ2) is 7.93. The Balaban J connectivity index is 1.54. The van der Waals surface area contributed by atoms with E-state index < -0.39 is 16.0 Å². The number of hydrogen-bond acceptors (Lipinski definition) is 4. The number of rotatable bonds is 4. The number of methoxy groups -OCH3 is 1. The molecule has 0 unspecified atom stereocenters. The molecule has 3 aromatic rings. The van der Waals surface area contributed by atoms with Gasteiger partial charge in [0.25, 0.3) is 0 Å². The van der Waals surface area contributed by atoms with Crippen LogP contribution in [0.1, 0.15) is 34.7 Å². The van der Waals surface area contributed by atoms with Gasteiger partial charge < -0.3 is 9.72 Å². The molecule has 4 rings (SSSR count). The van der Waals surface area contributed by atoms with Crippen molar-refractivity contribution in [3.8, 4) is 0 Å². The molecule has 1 aromatic heterocycles. The number of aromatic nitrogens is 1. The molecule has 0 bridgehead atoms. The van der Waals surface area contributed by atoms with E-state index in [1.54, 1.807) is 6.07 Å². The molecule has 0 aliphatic carbocycles. The first-order valence-corrected chi connectivity index (χ1v) is 11.6. The largest absolute Gasteiger partial charge is 0.465 e. The van der Waals surface area contributed by atoms with Gasteiger partial charge in [-0.15, -0.1) is 0 Å². The summed E-state index contributed by atoms with van der Waals surface area (Å²) in [5, 5.41) is 1.20. The first kappa shape index (κ1) is 20.1. The molecule has 29 heavy (non-hydrogen) atoms. The summed E-state index contributed by atoms with van der Waals surface area (Å²) in [6.45, 7) is 0.881. The Bertz CT molecular complexity index is 1160. The maximum Gasteiger partial charge on any atom is 0.339 e. The molecule has 1 saturated heterocycles. The van der Waals surface area contributed by atoms with Gasteiger partial charge in [0, 0.05) is 34.7 Å². The van der Waals surface area contributed by atoms with Crippen LogP contribution >= 0.6 is 15.9 Å². The summed E-state index contributed by atoms with van der Waals surface area (Å²) in [5.74, 6) is -0.264. The predicted octanol–water partition coefficient (Wildman–Crippen LogP) is 4.29. The lowest BCUT2D eigenvalue weighted by atomic mass is 9.90. The predicted molar refractivity (Wildman–Crippen MR) is 115 cm³/mol. The van der Waals surface area contributed by atoms with Crippen molar-refractivity contribution in [3.05, 3.63) is 64.3 Å². The molecule has 0 radical (unpaired) electrons. The molecule has 1 aliphatic heterocycles. The fourth-order valence-corrected chi connectivity index (χ4v) is 5.82. The van der Waals surface area contributed by atoms with Crippen LogP contribution in [0.2, 0.25) is 0 Å². The number of aromatic amines is 1. The number of para-hydroxylation sites is 1. The van der Waals surface area contributed by atoms with E-state index in [-0.39, 0.29) is 10.5 Å². The summed E-state index contributed by atoms with van der Waals surface area (Å²) in [5.41, 5.74) is 2.54. The molecule has 1 N–H and O–H groups in total. The summed E-state index contributed by atoms with van der Waals surface area (Å²) in [6, 6.07) is 12.6. The van der Waals surface area contributed by atoms with Crippen LogP contribution in [-0.2, 0) is 14.8 Å². The van der Waals surface area contributed by atoms with Crippen LogP contribution in [0.4, 0.5) is 0 Å². The summed E-state index contributed by atoms with van der Waals surface area (Å²) in [7, 11) is -2.41. The van der Waals surface area contributed by atoms with Gasteiger partial charge in [0.15, 0.2) is 0 Å². The van der Waals surface area contributed by atoms with Crippen molar-refractivity contribution < 1.29 is 17.9 Å². The third kappa shape index (κ3) is 3.72. The molecule has 152 valence electrons. The minimum Gasteiger partial charge on any atom is -0.465 e. The Morgan fingerprint density at radius 1 is 1.17 bits per heavy atom. The molecular formula is C21H21BrN2O4S. The van der Waals surface area contributed by atoms with Crippen molar-refractivity contribution >= 4 is 42.8 Å². The zero-order chi connectivity index (χ0) is 20.6. The molecule has 0 amide bonds. The number of esters is 1. The Labute approximate surface area is 178 Å². The van der Waals surface area contributed by atoms with E-state index in [1.807, 2.05) is 24.4 Å². The summed E-state index contributed by atoms with van der Waals surface area (Å²) < 4.78 is 33.0. The fraction of sp³-hybridized carbons (Fsp3) is 0.286. The first-order chi connectivity index (χ1) is 13.9. The average molecular weight is 477 g/mol. The van der Waals surface area contributed by atoms with Crippen molar-refractivity contribution in [2.45, 2.75) is 23.7 Å². The molecule has 2 aromatic carbocycles. The van der Waals surface area contributed by atoms with Crippen LogP contribution in [0.15, 0.2) is 58.0 Å². The van der Waals surface area contributed by atoms with Crippen molar-refractivity contribution in [1.82, 2.24) is 9.29 Å². The molecule has 8 heteroatoms. The fourth-order valence-electron chi connectivity index (χ4n) is 3.92. The van der Waals surface area contributed by atoms with Gasteiger partial charge in [-0.05, 0) is 64.5 Å². The molecule has 0 spiro atoms. The summed E-state index contributed by atoms with van der Waals surface area (Å²) in [6.07, 6.45) is 3.54. The number of halogens is 1. The van der Waals surface area contributed by atoms with E-state index >= 15 is 0 Å². The number of sulfonamides is 1. The van der Waals surface area contributed by atoms with Crippen molar-refractivity contribution in [1.29, 1.82) is 0 Å². The number of benzene rings is 2. The van der Waals surface area contributed by atoms with Gasteiger partial charge in [0.05, 0.1) is 17.6 Å². The molecule has 6 nitrogen and oxygen atoms in total. The highest BCUT2D eigenvalue weighted by molar-refractivity contribution is 9.10. The van der Waals surface area contributed by atoms with Crippen LogP contribution < -0.4 is 0 Å². The first-order valence-electron chi connectivity index (χ1n) is 9.36. The standard InChI is InChI=1S/C21H21BrN2O4S/c1-28-21(25)17-12-15(6-7-19(17)22)29(26,27)24-10-8-14(9-11-24)18-13-23-20-5-3-2-4-16(18)20/h2-7,12-14,23H,8-11H2,1H3. The van der Waals surface area contributed by atoms with Crippen molar-refractivity contribution in [2.24, 2.45) is 0 Å². The molecule has 2 heterocycles. The Kier molecular flexibility index (Phi) is 5.50. The third-order valence-electron chi connectivity index (χ3n) is 5.50. The van der Waals surface area contributed by atoms with E-state index in [0.29, 0.717) is 23.5 Å². The van der Waals surface area contributed by atoms with E-state index in [4.69, 9.17) is 4.74 Å². The highest BCUT2D eigenvalue weighted by Gasteiger charge is 2.31. The average Bonchev–Trinajstić information content (AvgIpc) is 3.17. The molecule has 1 aliphatic rings. The molecule has 0 saturated carbocycles. The normalized spacial score (nSPS) is 16.2. The Morgan fingerprint density at radius 2 is 1.90 bits per heavy atom. The third-order valence-corrected chi connectivity index (χ3v) is 8.08. The van der Waals surface area contributed by atoms with Crippen LogP contribution in [0, 0.1) is 0 Å². The quantitative estimate of drug-likeness (QED) is 0.569. The van der Waals surface area contributed by atoms with Gasteiger partial charge in [-0.25, -0.2) is 13.2 Å². The smallest absolute Gasteiger partial charge is 0.339 e. The van der Waals surface area contributed by atoms with Crippen LogP contribution in [0.3, 0.4) is 0 Å². The van der Waals surface area contributed by atoms with Crippen LogP contribution in [-0.4, -0.2) is 43.9 Å². The lowest BCUT2D eigenvalue weighted by Crippen LogP contribution is -2.37. The maximum absolute atomic E-state index is 13.1. The second-order valence-corrected chi connectivity index (χ2v) is 9.89. The number of H-pyrrole nitrogens is 1. The number of nitrogens with one attached hydrogen (secondary N) is 1. The monoisotopic (exact) mass is 476 g/mol. The maximum atomic E-state index is 13.1. The van der Waals surface area contributed by atoms with Crippen LogP contribution in [0.5, 0.6) is 0 Å². The second-order valence-electron chi connectivity index (χ2n) is 7.10. The summed E-state index contributed by atoms with van der Waals surface area (Å²) in [4.78, 5) is 15.3. The van der Waals surface area contributed by atoms with E-state index in [9.17, 15) is 13.2 Å². The number of carbonyl (C=O) groups is 1. The zero-order valence-electron chi connectivity index (χ0n) is 15.9. The van der Waals surface area contributed by atoms with Crippen molar-refractivity contribution in [2.75, 3.05) is 20.2 Å². The topological polar surface area (TPSA) is 79.5 Å². The van der Waals surface area contributed by atoms with Gasteiger partial charge in [-0.1, -0.05) is 18.2 Å². The lowest BCUT2D eigenvalue weighted by Gasteiger charge is -2.31. The minimum atomic E-state index is -3.68. The van der Waals surface area contributed by atoms with Gasteiger partial charge in [0.1, 0.15) is 0 Å². The van der Waals surface area contributed by atoms with Gasteiger partial charge in [-0.2, -0.15) is 4.31 Å². The van der Waals surface area contributed by atoms with E-state index in [0.717, 1.165) is 18.4 Å². The number of fused-ring (bicyclic) bond motifs is 1. The number of hydrogen-bond donors (Lipinski definition) is 1. The highest BCUT2D eigenvalue weighted by Crippen LogP contribution is 2.35. The van der Waals surface area contributed by atoms with E-state index in [2.05, 4.69) is 27.0 Å². The Hall–Kier alpha value is -2.16. The number of piperidine rings is 1. The van der Waals surface area contributed by atoms with Gasteiger partial charge in [0.2, 0.25) is 10.0 Å². The SMILES string of the molecule is COC(=O)c1cc(S(=O)(=O)N2CCC(c3c[nH]c4ccccc34)CC2)ccc1Br. The van der Waals surface area contributed by atoms with Crippen LogP contribution in [0.25, 0.3) is 10.9 Å². The number of nitrogens with zero attached hydrogens (tertiary/aromatic N) is 1. The van der Waals surface area contributed by atoms with Crippen molar-refractivity contribution in [3.63, 3.8) is 0 Å². The molecule has 0 atom stereocenters. The highest BCUT2D eigenvalue weighted by atomic mass is 79.9. The molecule has 1 fully saturated rings.